The molecule has 2 rings (SSSR count). The number of amides is 2. The molecule has 138 valence electrons. The van der Waals surface area contributed by atoms with Gasteiger partial charge in [0.15, 0.2) is 11.5 Å². The average molecular weight is 350 g/mol. The van der Waals surface area contributed by atoms with E-state index < -0.39 is 0 Å². The van der Waals surface area contributed by atoms with Crippen molar-refractivity contribution in [1.29, 1.82) is 0 Å². The van der Waals surface area contributed by atoms with Gasteiger partial charge in [-0.2, -0.15) is 0 Å². The number of ether oxygens (including phenoxy) is 3. The minimum absolute atomic E-state index is 0.0272. The smallest absolute Gasteiger partial charge is 0.229 e. The highest BCUT2D eigenvalue weighted by Gasteiger charge is 2.36. The van der Waals surface area contributed by atoms with Gasteiger partial charge in [0, 0.05) is 36.8 Å². The van der Waals surface area contributed by atoms with Crippen molar-refractivity contribution in [3.05, 3.63) is 12.1 Å². The number of hydrogen-bond donors (Lipinski definition) is 1. The highest BCUT2D eigenvalue weighted by atomic mass is 16.5. The molecule has 1 aliphatic heterocycles. The normalized spacial score (nSPS) is 18.0. The molecule has 1 fully saturated rings. The number of anilines is 1. The van der Waals surface area contributed by atoms with Gasteiger partial charge in [-0.15, -0.1) is 0 Å². The fraction of sp³-hybridized carbons (Fsp3) is 0.556. The number of nitrogens with one attached hydrogen (secondary N) is 1. The average Bonchev–Trinajstić information content (AvgIpc) is 3.01. The first-order valence-corrected chi connectivity index (χ1v) is 8.35. The van der Waals surface area contributed by atoms with Crippen molar-refractivity contribution in [3.63, 3.8) is 0 Å². The molecule has 2 atom stereocenters. The lowest BCUT2D eigenvalue weighted by Gasteiger charge is -2.23. The molecule has 25 heavy (non-hydrogen) atoms. The van der Waals surface area contributed by atoms with Crippen LogP contribution in [-0.2, 0) is 9.59 Å². The summed E-state index contributed by atoms with van der Waals surface area (Å²) in [5.74, 6) is 0.858. The Morgan fingerprint density at radius 1 is 1.24 bits per heavy atom. The lowest BCUT2D eigenvalue weighted by molar-refractivity contribution is -0.129. The Labute approximate surface area is 148 Å². The highest BCUT2D eigenvalue weighted by molar-refractivity contribution is 5.97. The molecule has 0 aromatic heterocycles. The predicted octanol–water partition coefficient (Wildman–Crippen LogP) is 2.30. The summed E-state index contributed by atoms with van der Waals surface area (Å²) in [7, 11) is 4.55. The Balaban J connectivity index is 2.14. The maximum Gasteiger partial charge on any atom is 0.229 e. The van der Waals surface area contributed by atoms with Crippen molar-refractivity contribution in [1.82, 2.24) is 4.90 Å². The van der Waals surface area contributed by atoms with Gasteiger partial charge < -0.3 is 24.4 Å². The predicted molar refractivity (Wildman–Crippen MR) is 94.3 cm³/mol. The van der Waals surface area contributed by atoms with Crippen molar-refractivity contribution in [2.24, 2.45) is 5.92 Å². The van der Waals surface area contributed by atoms with Gasteiger partial charge >= 0.3 is 0 Å². The third kappa shape index (κ3) is 3.97. The van der Waals surface area contributed by atoms with E-state index in [-0.39, 0.29) is 30.2 Å². The Kier molecular flexibility index (Phi) is 6.12. The molecule has 1 N–H and O–H groups in total. The molecule has 1 aliphatic rings. The summed E-state index contributed by atoms with van der Waals surface area (Å²) in [5, 5.41) is 2.85. The molecule has 1 aromatic carbocycles. The molecule has 2 unspecified atom stereocenters. The maximum atomic E-state index is 12.6. The standard InChI is InChI=1S/C18H26N2O5/c1-6-11(2)20-10-12(7-16(20)21)18(22)19-13-8-14(23-3)17(25-5)15(9-13)24-4/h8-9,11-12H,6-7,10H2,1-5H3,(H,19,22). The summed E-state index contributed by atoms with van der Waals surface area (Å²) in [6.07, 6.45) is 1.10. The molecule has 0 radical (unpaired) electrons. The van der Waals surface area contributed by atoms with Gasteiger partial charge in [-0.25, -0.2) is 0 Å². The van der Waals surface area contributed by atoms with E-state index in [1.165, 1.54) is 21.3 Å². The van der Waals surface area contributed by atoms with E-state index in [0.29, 0.717) is 29.5 Å². The zero-order chi connectivity index (χ0) is 18.6. The van der Waals surface area contributed by atoms with Crippen molar-refractivity contribution >= 4 is 17.5 Å². The van der Waals surface area contributed by atoms with Gasteiger partial charge in [-0.3, -0.25) is 9.59 Å². The number of methoxy groups -OCH3 is 3. The number of likely N-dealkylation sites (tertiary alicyclic amines) is 1. The number of carbonyl (C=O) groups excluding carboxylic acids is 2. The van der Waals surface area contributed by atoms with E-state index in [4.69, 9.17) is 14.2 Å². The third-order valence-electron chi connectivity index (χ3n) is 4.58. The van der Waals surface area contributed by atoms with Gasteiger partial charge in [-0.1, -0.05) is 6.92 Å². The van der Waals surface area contributed by atoms with Crippen LogP contribution in [0.3, 0.4) is 0 Å². The molecular formula is C18H26N2O5. The molecule has 1 saturated heterocycles. The summed E-state index contributed by atoms with van der Waals surface area (Å²) in [4.78, 5) is 26.5. The first-order chi connectivity index (χ1) is 11.9. The van der Waals surface area contributed by atoms with E-state index in [2.05, 4.69) is 5.32 Å². The second-order valence-corrected chi connectivity index (χ2v) is 6.11. The van der Waals surface area contributed by atoms with Crippen LogP contribution < -0.4 is 19.5 Å². The lowest BCUT2D eigenvalue weighted by atomic mass is 10.1. The van der Waals surface area contributed by atoms with Crippen molar-refractivity contribution in [2.75, 3.05) is 33.2 Å². The van der Waals surface area contributed by atoms with Crippen molar-refractivity contribution < 1.29 is 23.8 Å². The third-order valence-corrected chi connectivity index (χ3v) is 4.58. The van der Waals surface area contributed by atoms with Crippen LogP contribution in [0.1, 0.15) is 26.7 Å². The Bertz CT molecular complexity index is 621. The van der Waals surface area contributed by atoms with Crippen LogP contribution in [0.4, 0.5) is 5.69 Å². The molecule has 7 nitrogen and oxygen atoms in total. The highest BCUT2D eigenvalue weighted by Crippen LogP contribution is 2.40. The van der Waals surface area contributed by atoms with E-state index in [9.17, 15) is 9.59 Å². The van der Waals surface area contributed by atoms with E-state index in [1.54, 1.807) is 17.0 Å². The van der Waals surface area contributed by atoms with Crippen LogP contribution in [0.15, 0.2) is 12.1 Å². The summed E-state index contributed by atoms with van der Waals surface area (Å²) in [6.45, 7) is 4.47. The number of nitrogens with zero attached hydrogens (tertiary/aromatic N) is 1. The molecule has 0 bridgehead atoms. The van der Waals surface area contributed by atoms with Crippen LogP contribution >= 0.6 is 0 Å². The van der Waals surface area contributed by atoms with Gasteiger partial charge in [0.1, 0.15) is 0 Å². The number of benzene rings is 1. The van der Waals surface area contributed by atoms with E-state index in [1.807, 2.05) is 13.8 Å². The first-order valence-electron chi connectivity index (χ1n) is 8.35. The minimum Gasteiger partial charge on any atom is -0.493 e. The molecule has 0 spiro atoms. The molecule has 2 amide bonds. The van der Waals surface area contributed by atoms with Crippen molar-refractivity contribution in [2.45, 2.75) is 32.7 Å². The van der Waals surface area contributed by atoms with Gasteiger partial charge in [0.25, 0.3) is 0 Å². The molecule has 0 saturated carbocycles. The van der Waals surface area contributed by atoms with Crippen LogP contribution in [-0.4, -0.2) is 50.6 Å². The summed E-state index contributed by atoms with van der Waals surface area (Å²) < 4.78 is 15.8. The largest absolute Gasteiger partial charge is 0.493 e. The molecule has 0 aliphatic carbocycles. The number of carbonyl (C=O) groups is 2. The number of rotatable bonds is 7. The number of hydrogen-bond acceptors (Lipinski definition) is 5. The fourth-order valence-corrected chi connectivity index (χ4v) is 2.95. The summed E-state index contributed by atoms with van der Waals surface area (Å²) in [6, 6.07) is 3.48. The molecule has 1 aromatic rings. The van der Waals surface area contributed by atoms with Crippen LogP contribution in [0.25, 0.3) is 0 Å². The lowest BCUT2D eigenvalue weighted by Crippen LogP contribution is -2.35. The summed E-state index contributed by atoms with van der Waals surface area (Å²) >= 11 is 0. The minimum atomic E-state index is -0.361. The molecule has 1 heterocycles. The Morgan fingerprint density at radius 3 is 2.32 bits per heavy atom. The zero-order valence-electron chi connectivity index (χ0n) is 15.4. The van der Waals surface area contributed by atoms with Crippen LogP contribution in [0, 0.1) is 5.92 Å². The van der Waals surface area contributed by atoms with E-state index in [0.717, 1.165) is 6.42 Å². The van der Waals surface area contributed by atoms with Crippen LogP contribution in [0.5, 0.6) is 17.2 Å². The Hall–Kier alpha value is -2.44. The topological polar surface area (TPSA) is 77.1 Å². The second-order valence-electron chi connectivity index (χ2n) is 6.11. The second kappa shape index (κ2) is 8.09. The fourth-order valence-electron chi connectivity index (χ4n) is 2.95. The maximum absolute atomic E-state index is 12.6. The van der Waals surface area contributed by atoms with E-state index >= 15 is 0 Å². The van der Waals surface area contributed by atoms with Crippen LogP contribution in [0.2, 0.25) is 0 Å². The Morgan fingerprint density at radius 2 is 1.84 bits per heavy atom. The first kappa shape index (κ1) is 18.9. The summed E-state index contributed by atoms with van der Waals surface area (Å²) in [5.41, 5.74) is 0.536. The quantitative estimate of drug-likeness (QED) is 0.816. The van der Waals surface area contributed by atoms with Gasteiger partial charge in [-0.05, 0) is 13.3 Å². The molecular weight excluding hydrogens is 324 g/mol. The van der Waals surface area contributed by atoms with Crippen molar-refractivity contribution in [3.8, 4) is 17.2 Å². The van der Waals surface area contributed by atoms with Gasteiger partial charge in [0.05, 0.1) is 27.2 Å². The monoisotopic (exact) mass is 350 g/mol. The molecule has 7 heteroatoms. The zero-order valence-corrected chi connectivity index (χ0v) is 15.4. The van der Waals surface area contributed by atoms with Gasteiger partial charge in [0.2, 0.25) is 17.6 Å². The SMILES string of the molecule is CCC(C)N1CC(C(=O)Nc2cc(OC)c(OC)c(OC)c2)CC1=O.